The molecule has 0 atom stereocenters. The molecule has 0 aromatic carbocycles. The molecule has 0 saturated carbocycles. The fraction of sp³-hybridized carbons (Fsp3) is 0.167. The van der Waals surface area contributed by atoms with Crippen LogP contribution in [-0.4, -0.2) is 5.11 Å². The van der Waals surface area contributed by atoms with Crippen LogP contribution in [0.5, 0.6) is 5.95 Å². The smallest absolute Gasteiger partial charge is 0.364 e. The molecule has 1 heterocycles. The van der Waals surface area contributed by atoms with E-state index in [-0.39, 0.29) is 16.9 Å². The molecule has 5 heteroatoms. The first-order chi connectivity index (χ1) is 5.04. The monoisotopic (exact) mass is 156 g/mol. The van der Waals surface area contributed by atoms with Crippen LogP contribution in [0.15, 0.2) is 9.21 Å². The maximum atomic E-state index is 10.7. The molecule has 0 aliphatic heterocycles. The van der Waals surface area contributed by atoms with Crippen molar-refractivity contribution in [3.05, 3.63) is 16.0 Å². The van der Waals surface area contributed by atoms with Gasteiger partial charge in [-0.1, -0.05) is 0 Å². The van der Waals surface area contributed by atoms with Crippen LogP contribution in [0.1, 0.15) is 5.56 Å². The van der Waals surface area contributed by atoms with Gasteiger partial charge in [0, 0.05) is 0 Å². The average Bonchev–Trinajstić information content (AvgIpc) is 1.97. The van der Waals surface area contributed by atoms with Crippen LogP contribution in [0.25, 0.3) is 0 Å². The van der Waals surface area contributed by atoms with Gasteiger partial charge >= 0.3 is 5.63 Å². The Morgan fingerprint density at radius 3 is 2.45 bits per heavy atom. The highest BCUT2D eigenvalue weighted by Crippen LogP contribution is 2.23. The number of rotatable bonds is 0. The van der Waals surface area contributed by atoms with Gasteiger partial charge in [0.05, 0.1) is 11.3 Å². The van der Waals surface area contributed by atoms with Gasteiger partial charge in [0.15, 0.2) is 0 Å². The number of aromatic hydroxyl groups is 1. The number of hydrogen-bond acceptors (Lipinski definition) is 5. The number of hydrogen-bond donors (Lipinski definition) is 3. The van der Waals surface area contributed by atoms with Crippen LogP contribution in [0.3, 0.4) is 0 Å². The van der Waals surface area contributed by atoms with Gasteiger partial charge in [-0.25, -0.2) is 4.79 Å². The summed E-state index contributed by atoms with van der Waals surface area (Å²) in [7, 11) is 0. The largest absolute Gasteiger partial charge is 0.480 e. The van der Waals surface area contributed by atoms with Crippen LogP contribution in [0.4, 0.5) is 11.4 Å². The minimum absolute atomic E-state index is 0.0683. The van der Waals surface area contributed by atoms with Crippen LogP contribution >= 0.6 is 0 Å². The van der Waals surface area contributed by atoms with E-state index in [0.29, 0.717) is 0 Å². The minimum Gasteiger partial charge on any atom is -0.480 e. The summed E-state index contributed by atoms with van der Waals surface area (Å²) < 4.78 is 4.31. The summed E-state index contributed by atoms with van der Waals surface area (Å²) in [4.78, 5) is 10.7. The predicted octanol–water partition coefficient (Wildman–Crippen LogP) is -0.182. The second kappa shape index (κ2) is 2.19. The Labute approximate surface area is 62.2 Å². The summed E-state index contributed by atoms with van der Waals surface area (Å²) in [5.41, 5.74) is 9.92. The molecule has 0 spiro atoms. The highest BCUT2D eigenvalue weighted by Gasteiger charge is 2.09. The molecule has 0 bridgehead atoms. The van der Waals surface area contributed by atoms with Gasteiger partial charge in [0.25, 0.3) is 5.95 Å². The molecule has 0 aliphatic carbocycles. The molecule has 0 radical (unpaired) electrons. The van der Waals surface area contributed by atoms with Crippen molar-refractivity contribution in [1.82, 2.24) is 0 Å². The van der Waals surface area contributed by atoms with Crippen LogP contribution in [-0.2, 0) is 0 Å². The third-order valence-electron chi connectivity index (χ3n) is 1.42. The fourth-order valence-corrected chi connectivity index (χ4v) is 0.646. The van der Waals surface area contributed by atoms with E-state index in [1.807, 2.05) is 0 Å². The van der Waals surface area contributed by atoms with E-state index in [1.54, 1.807) is 0 Å². The summed E-state index contributed by atoms with van der Waals surface area (Å²) in [6.07, 6.45) is 0. The molecule has 1 aromatic heterocycles. The molecule has 11 heavy (non-hydrogen) atoms. The SMILES string of the molecule is Cc1c(O)oc(=O)c(N)c1N. The van der Waals surface area contributed by atoms with Gasteiger partial charge in [-0.05, 0) is 6.92 Å². The van der Waals surface area contributed by atoms with Gasteiger partial charge in [-0.2, -0.15) is 0 Å². The quantitative estimate of drug-likeness (QED) is 0.483. The molecular formula is C6H8N2O3. The molecule has 0 unspecified atom stereocenters. The number of nitrogens with two attached hydrogens (primary N) is 2. The van der Waals surface area contributed by atoms with E-state index in [4.69, 9.17) is 16.6 Å². The highest BCUT2D eigenvalue weighted by molar-refractivity contribution is 5.66. The van der Waals surface area contributed by atoms with Crippen molar-refractivity contribution < 1.29 is 9.52 Å². The molecule has 5 N–H and O–H groups in total. The van der Waals surface area contributed by atoms with Crippen molar-refractivity contribution in [3.8, 4) is 5.95 Å². The van der Waals surface area contributed by atoms with Crippen LogP contribution in [0, 0.1) is 6.92 Å². The van der Waals surface area contributed by atoms with E-state index in [9.17, 15) is 4.79 Å². The second-order valence-corrected chi connectivity index (χ2v) is 2.15. The molecule has 0 amide bonds. The molecule has 60 valence electrons. The zero-order valence-electron chi connectivity index (χ0n) is 5.92. The fourth-order valence-electron chi connectivity index (χ4n) is 0.646. The predicted molar refractivity (Wildman–Crippen MR) is 40.2 cm³/mol. The number of anilines is 2. The summed E-state index contributed by atoms with van der Waals surface area (Å²) in [5, 5.41) is 8.90. The first kappa shape index (κ1) is 7.46. The van der Waals surface area contributed by atoms with Gasteiger partial charge in [-0.3, -0.25) is 0 Å². The van der Waals surface area contributed by atoms with Crippen LogP contribution < -0.4 is 17.1 Å². The molecule has 5 nitrogen and oxygen atoms in total. The van der Waals surface area contributed by atoms with Gasteiger partial charge in [0.2, 0.25) is 0 Å². The van der Waals surface area contributed by atoms with Crippen molar-refractivity contribution >= 4 is 11.4 Å². The topological polar surface area (TPSA) is 102 Å². The van der Waals surface area contributed by atoms with Gasteiger partial charge < -0.3 is 21.0 Å². The van der Waals surface area contributed by atoms with Crippen molar-refractivity contribution in [2.24, 2.45) is 0 Å². The minimum atomic E-state index is -0.814. The lowest BCUT2D eigenvalue weighted by Crippen LogP contribution is -2.10. The van der Waals surface area contributed by atoms with Gasteiger partial charge in [-0.15, -0.1) is 0 Å². The van der Waals surface area contributed by atoms with E-state index in [2.05, 4.69) is 4.42 Å². The Morgan fingerprint density at radius 1 is 1.36 bits per heavy atom. The van der Waals surface area contributed by atoms with Crippen molar-refractivity contribution in [1.29, 1.82) is 0 Å². The normalized spacial score (nSPS) is 9.91. The first-order valence-corrected chi connectivity index (χ1v) is 2.91. The molecule has 1 rings (SSSR count). The zero-order valence-corrected chi connectivity index (χ0v) is 5.92. The first-order valence-electron chi connectivity index (χ1n) is 2.91. The van der Waals surface area contributed by atoms with E-state index in [1.165, 1.54) is 6.92 Å². The van der Waals surface area contributed by atoms with E-state index < -0.39 is 11.6 Å². The summed E-state index contributed by atoms with van der Waals surface area (Å²) in [5.74, 6) is -0.485. The van der Waals surface area contributed by atoms with Gasteiger partial charge in [0.1, 0.15) is 5.69 Å². The lowest BCUT2D eigenvalue weighted by atomic mass is 10.2. The highest BCUT2D eigenvalue weighted by atomic mass is 16.5. The third kappa shape index (κ3) is 1.000. The van der Waals surface area contributed by atoms with Crippen molar-refractivity contribution in [2.45, 2.75) is 6.92 Å². The van der Waals surface area contributed by atoms with E-state index >= 15 is 0 Å². The Balaban J connectivity index is 3.59. The lowest BCUT2D eigenvalue weighted by molar-refractivity contribution is 0.307. The van der Waals surface area contributed by atoms with Crippen molar-refractivity contribution in [3.63, 3.8) is 0 Å². The molecule has 0 aliphatic rings. The summed E-state index contributed by atoms with van der Waals surface area (Å²) >= 11 is 0. The number of nitrogen functional groups attached to an aromatic ring is 2. The molecule has 0 saturated heterocycles. The van der Waals surface area contributed by atoms with Crippen LogP contribution in [0.2, 0.25) is 0 Å². The molecular weight excluding hydrogens is 148 g/mol. The second-order valence-electron chi connectivity index (χ2n) is 2.15. The van der Waals surface area contributed by atoms with Crippen molar-refractivity contribution in [2.75, 3.05) is 11.5 Å². The Kier molecular flexibility index (Phi) is 1.48. The maximum Gasteiger partial charge on any atom is 0.364 e. The third-order valence-corrected chi connectivity index (χ3v) is 1.42. The Hall–Kier alpha value is -1.65. The molecule has 1 aromatic rings. The average molecular weight is 156 g/mol. The Morgan fingerprint density at radius 2 is 1.91 bits per heavy atom. The lowest BCUT2D eigenvalue weighted by Gasteiger charge is -2.02. The van der Waals surface area contributed by atoms with E-state index in [0.717, 1.165) is 0 Å². The maximum absolute atomic E-state index is 10.7. The summed E-state index contributed by atoms with van der Waals surface area (Å²) in [6, 6.07) is 0. The Bertz CT molecular complexity index is 342. The zero-order chi connectivity index (χ0) is 8.59. The summed E-state index contributed by atoms with van der Waals surface area (Å²) in [6.45, 7) is 1.50. The standard InChI is InChI=1S/C6H8N2O3/c1-2-3(7)4(8)6(10)11-5(2)9/h9H,7-8H2,1H3. The molecule has 0 fully saturated rings.